The molecule has 0 bridgehead atoms. The van der Waals surface area contributed by atoms with E-state index in [2.05, 4.69) is 16.0 Å². The van der Waals surface area contributed by atoms with Crippen molar-refractivity contribution in [2.24, 2.45) is 5.92 Å². The number of rotatable bonds is 10. The maximum absolute atomic E-state index is 12.9. The van der Waals surface area contributed by atoms with E-state index in [4.69, 9.17) is 0 Å². The highest BCUT2D eigenvalue weighted by atomic mass is 16.2. The SMILES string of the molecule is CC(C)c1cccn(CC(=O)NC(CC2CCNC2=O)C(=O)C(=O)NCc2ccccc2)c1=O. The third-order valence-electron chi connectivity index (χ3n) is 5.84. The van der Waals surface area contributed by atoms with Crippen molar-refractivity contribution in [2.75, 3.05) is 6.54 Å². The molecule has 2 unspecified atom stereocenters. The van der Waals surface area contributed by atoms with E-state index in [9.17, 15) is 24.0 Å². The van der Waals surface area contributed by atoms with E-state index >= 15 is 0 Å². The molecule has 2 heterocycles. The molecule has 0 radical (unpaired) electrons. The highest BCUT2D eigenvalue weighted by molar-refractivity contribution is 6.38. The molecule has 3 N–H and O–H groups in total. The molecule has 1 fully saturated rings. The largest absolute Gasteiger partial charge is 0.356 e. The molecule has 0 saturated carbocycles. The van der Waals surface area contributed by atoms with Crippen molar-refractivity contribution in [1.82, 2.24) is 20.5 Å². The Labute approximate surface area is 197 Å². The monoisotopic (exact) mass is 466 g/mol. The number of carbonyl (C=O) groups is 4. The van der Waals surface area contributed by atoms with Gasteiger partial charge in [-0.05, 0) is 30.4 Å². The van der Waals surface area contributed by atoms with Gasteiger partial charge in [-0.2, -0.15) is 0 Å². The molecule has 1 aliphatic rings. The third kappa shape index (κ3) is 6.40. The number of nitrogens with one attached hydrogen (secondary N) is 3. The molecule has 180 valence electrons. The van der Waals surface area contributed by atoms with E-state index in [1.54, 1.807) is 12.1 Å². The van der Waals surface area contributed by atoms with Gasteiger partial charge in [0, 0.05) is 30.8 Å². The number of benzene rings is 1. The second kappa shape index (κ2) is 11.4. The predicted molar refractivity (Wildman–Crippen MR) is 126 cm³/mol. The number of aromatic nitrogens is 1. The van der Waals surface area contributed by atoms with Gasteiger partial charge in [0.25, 0.3) is 11.5 Å². The zero-order valence-corrected chi connectivity index (χ0v) is 19.4. The lowest BCUT2D eigenvalue weighted by molar-refractivity contribution is -0.140. The molecule has 2 atom stereocenters. The van der Waals surface area contributed by atoms with Crippen molar-refractivity contribution in [3.8, 4) is 0 Å². The molecule has 1 saturated heterocycles. The van der Waals surface area contributed by atoms with E-state index in [1.165, 1.54) is 10.8 Å². The van der Waals surface area contributed by atoms with E-state index in [-0.39, 0.29) is 36.9 Å². The van der Waals surface area contributed by atoms with E-state index in [0.717, 1.165) is 5.56 Å². The summed E-state index contributed by atoms with van der Waals surface area (Å²) in [7, 11) is 0. The second-order valence-electron chi connectivity index (χ2n) is 8.72. The summed E-state index contributed by atoms with van der Waals surface area (Å²) >= 11 is 0. The Hall–Kier alpha value is -3.75. The highest BCUT2D eigenvalue weighted by Crippen LogP contribution is 2.17. The summed E-state index contributed by atoms with van der Waals surface area (Å²) in [5.74, 6) is -2.96. The maximum atomic E-state index is 12.9. The van der Waals surface area contributed by atoms with Gasteiger partial charge in [-0.1, -0.05) is 50.2 Å². The topological polar surface area (TPSA) is 126 Å². The fourth-order valence-electron chi connectivity index (χ4n) is 3.92. The lowest BCUT2D eigenvalue weighted by atomic mass is 9.95. The first-order valence-electron chi connectivity index (χ1n) is 11.4. The van der Waals surface area contributed by atoms with Crippen molar-refractivity contribution in [2.45, 2.75) is 51.7 Å². The van der Waals surface area contributed by atoms with Gasteiger partial charge < -0.3 is 20.5 Å². The number of pyridine rings is 1. The smallest absolute Gasteiger partial charge is 0.289 e. The zero-order chi connectivity index (χ0) is 24.7. The average Bonchev–Trinajstić information content (AvgIpc) is 3.22. The molecule has 9 nitrogen and oxygen atoms in total. The quantitative estimate of drug-likeness (QED) is 0.448. The lowest BCUT2D eigenvalue weighted by Crippen LogP contribution is -2.49. The summed E-state index contributed by atoms with van der Waals surface area (Å²) in [5, 5.41) is 7.85. The van der Waals surface area contributed by atoms with Crippen molar-refractivity contribution in [3.05, 3.63) is 70.1 Å². The van der Waals surface area contributed by atoms with Gasteiger partial charge in [0.15, 0.2) is 0 Å². The average molecular weight is 467 g/mol. The first-order valence-corrected chi connectivity index (χ1v) is 11.4. The minimum absolute atomic E-state index is 0.00785. The molecule has 1 aromatic heterocycles. The van der Waals surface area contributed by atoms with Crippen LogP contribution in [0.15, 0.2) is 53.5 Å². The van der Waals surface area contributed by atoms with Crippen LogP contribution in [0.3, 0.4) is 0 Å². The molecule has 1 aliphatic heterocycles. The van der Waals surface area contributed by atoms with Gasteiger partial charge in [0.05, 0.1) is 6.04 Å². The third-order valence-corrected chi connectivity index (χ3v) is 5.84. The van der Waals surface area contributed by atoms with Crippen LogP contribution in [0.4, 0.5) is 0 Å². The first kappa shape index (κ1) is 24.9. The van der Waals surface area contributed by atoms with Gasteiger partial charge in [0.1, 0.15) is 6.54 Å². The minimum atomic E-state index is -1.18. The number of hydrogen-bond acceptors (Lipinski definition) is 5. The fraction of sp³-hybridized carbons (Fsp3) is 0.400. The van der Waals surface area contributed by atoms with Crippen molar-refractivity contribution in [1.29, 1.82) is 0 Å². The standard InChI is InChI=1S/C25H30N4O5/c1-16(2)19-9-6-12-29(25(19)34)15-21(30)28-20(13-18-10-11-26-23(18)32)22(31)24(33)27-14-17-7-4-3-5-8-17/h3-9,12,16,18,20H,10-11,13-15H2,1-2H3,(H,26,32)(H,27,33)(H,28,30). The minimum Gasteiger partial charge on any atom is -0.356 e. The van der Waals surface area contributed by atoms with Crippen molar-refractivity contribution >= 4 is 23.5 Å². The van der Waals surface area contributed by atoms with Gasteiger partial charge in [0.2, 0.25) is 17.6 Å². The van der Waals surface area contributed by atoms with Crippen LogP contribution in [0.5, 0.6) is 0 Å². The summed E-state index contributed by atoms with van der Waals surface area (Å²) < 4.78 is 1.27. The molecule has 0 spiro atoms. The van der Waals surface area contributed by atoms with E-state index in [1.807, 2.05) is 44.2 Å². The molecule has 1 aromatic carbocycles. The summed E-state index contributed by atoms with van der Waals surface area (Å²) in [6.45, 7) is 4.11. The molecular formula is C25H30N4O5. The van der Waals surface area contributed by atoms with Crippen LogP contribution in [0.2, 0.25) is 0 Å². The van der Waals surface area contributed by atoms with Crippen LogP contribution in [0.1, 0.15) is 43.7 Å². The Kier molecular flexibility index (Phi) is 8.34. The van der Waals surface area contributed by atoms with Crippen LogP contribution in [-0.4, -0.2) is 40.7 Å². The van der Waals surface area contributed by atoms with Crippen molar-refractivity contribution < 1.29 is 19.2 Å². The van der Waals surface area contributed by atoms with Crippen molar-refractivity contribution in [3.63, 3.8) is 0 Å². The molecule has 3 amide bonds. The molecule has 9 heteroatoms. The number of Topliss-reactive ketones (excluding diaryl/α,β-unsaturated/α-hetero) is 1. The van der Waals surface area contributed by atoms with Gasteiger partial charge in [-0.15, -0.1) is 0 Å². The highest BCUT2D eigenvalue weighted by Gasteiger charge is 2.34. The van der Waals surface area contributed by atoms with Gasteiger partial charge in [-0.25, -0.2) is 0 Å². The Morgan fingerprint density at radius 1 is 1.09 bits per heavy atom. The summed E-state index contributed by atoms with van der Waals surface area (Å²) in [6.07, 6.45) is 2.03. The normalized spacial score (nSPS) is 16.1. The summed E-state index contributed by atoms with van der Waals surface area (Å²) in [4.78, 5) is 62.9. The molecule has 2 aromatic rings. The van der Waals surface area contributed by atoms with Crippen LogP contribution in [-0.2, 0) is 32.3 Å². The number of ketones is 1. The van der Waals surface area contributed by atoms with E-state index < -0.39 is 29.6 Å². The lowest BCUT2D eigenvalue weighted by Gasteiger charge is -2.20. The zero-order valence-electron chi connectivity index (χ0n) is 19.4. The number of amides is 3. The van der Waals surface area contributed by atoms with Gasteiger partial charge in [-0.3, -0.25) is 24.0 Å². The predicted octanol–water partition coefficient (Wildman–Crippen LogP) is 0.868. The van der Waals surface area contributed by atoms with E-state index in [0.29, 0.717) is 18.5 Å². The summed E-state index contributed by atoms with van der Waals surface area (Å²) in [6, 6.07) is 11.3. The first-order chi connectivity index (χ1) is 16.3. The Balaban J connectivity index is 1.70. The fourth-order valence-corrected chi connectivity index (χ4v) is 3.92. The summed E-state index contributed by atoms with van der Waals surface area (Å²) in [5.41, 5.74) is 1.11. The molecule has 3 rings (SSSR count). The number of hydrogen-bond donors (Lipinski definition) is 3. The number of carbonyl (C=O) groups excluding carboxylic acids is 4. The Morgan fingerprint density at radius 3 is 2.47 bits per heavy atom. The van der Waals surface area contributed by atoms with Gasteiger partial charge >= 0.3 is 0 Å². The maximum Gasteiger partial charge on any atom is 0.289 e. The molecule has 34 heavy (non-hydrogen) atoms. The Morgan fingerprint density at radius 2 is 1.82 bits per heavy atom. The van der Waals surface area contributed by atoms with Crippen LogP contribution in [0.25, 0.3) is 0 Å². The molecular weight excluding hydrogens is 436 g/mol. The molecule has 0 aliphatic carbocycles. The van der Waals surface area contributed by atoms with Crippen LogP contribution in [0, 0.1) is 5.92 Å². The second-order valence-corrected chi connectivity index (χ2v) is 8.72. The Bertz CT molecular complexity index is 1110. The number of nitrogens with zero attached hydrogens (tertiary/aromatic N) is 1. The van der Waals surface area contributed by atoms with Crippen LogP contribution < -0.4 is 21.5 Å². The van der Waals surface area contributed by atoms with Crippen LogP contribution >= 0.6 is 0 Å².